The Morgan fingerprint density at radius 1 is 0.153 bits per heavy atom. The lowest BCUT2D eigenvalue weighted by Gasteiger charge is -2.09. The van der Waals surface area contributed by atoms with Gasteiger partial charge in [0.05, 0.1) is 72.6 Å². The highest BCUT2D eigenvalue weighted by atomic mass is 14.9. The standard InChI is InChI=1S/C46H28N6.C40H24N6/c1-2-5-29(6-3-1)39-20-16-33-12-13-34-17-21-40(52-45(34)44(33)51-39)31-9-7-30(8-10-31)38-23-19-37-27-35(18-22-41(37)49-38)36-14-11-32-15-24-42(50-43(32)28-36)46-47-25-4-26-48-46;1-3-28-9-10-29-13-16-34(46-39(29)38(28)41-20-1)26-6-4-25(5-7-26)33-18-15-32-23-30(14-17-35(32)44-33)31-11-8-27-12-19-36(45-37(27)24-31)40-42-21-2-22-43-40/h1-28H;1-24H. The minimum Gasteiger partial charge on any atom is -0.254 e. The smallest absolute Gasteiger partial charge is 0.178 e. The van der Waals surface area contributed by atoms with Gasteiger partial charge < -0.3 is 0 Å². The number of hydrogen-bond acceptors (Lipinski definition) is 12. The topological polar surface area (TPSA) is 155 Å². The second-order valence-electron chi connectivity index (χ2n) is 24.1. The van der Waals surface area contributed by atoms with Gasteiger partial charge in [-0.25, -0.2) is 54.8 Å². The molecule has 456 valence electrons. The van der Waals surface area contributed by atoms with Gasteiger partial charge in [0.15, 0.2) is 11.6 Å². The molecule has 10 aromatic heterocycles. The Balaban J connectivity index is 0.000000143. The van der Waals surface area contributed by atoms with Crippen molar-refractivity contribution < 1.29 is 0 Å². The summed E-state index contributed by atoms with van der Waals surface area (Å²) in [5.74, 6) is 1.24. The van der Waals surface area contributed by atoms with E-state index in [4.69, 9.17) is 34.9 Å². The number of fused-ring (bicyclic) bond motifs is 10. The van der Waals surface area contributed by atoms with E-state index in [0.29, 0.717) is 11.6 Å². The lowest BCUT2D eigenvalue weighted by molar-refractivity contribution is 1.15. The molecule has 10 heterocycles. The highest BCUT2D eigenvalue weighted by molar-refractivity contribution is 6.05. The van der Waals surface area contributed by atoms with Crippen LogP contribution in [0.1, 0.15) is 0 Å². The van der Waals surface area contributed by atoms with Gasteiger partial charge in [-0.15, -0.1) is 0 Å². The van der Waals surface area contributed by atoms with Crippen LogP contribution in [-0.2, 0) is 0 Å². The molecule has 0 radical (unpaired) electrons. The van der Waals surface area contributed by atoms with E-state index in [1.165, 1.54) is 0 Å². The van der Waals surface area contributed by atoms with Crippen molar-refractivity contribution in [2.75, 3.05) is 0 Å². The lowest BCUT2D eigenvalue weighted by Crippen LogP contribution is -1.91. The second kappa shape index (κ2) is 24.4. The van der Waals surface area contributed by atoms with E-state index in [1.807, 2.05) is 42.6 Å². The van der Waals surface area contributed by atoms with Gasteiger partial charge in [0, 0.05) is 102 Å². The zero-order valence-corrected chi connectivity index (χ0v) is 52.4. The third-order valence-corrected chi connectivity index (χ3v) is 18.0. The van der Waals surface area contributed by atoms with E-state index >= 15 is 0 Å². The Morgan fingerprint density at radius 3 is 0.888 bits per heavy atom. The third kappa shape index (κ3) is 11.0. The highest BCUT2D eigenvalue weighted by Crippen LogP contribution is 2.35. The van der Waals surface area contributed by atoms with E-state index in [0.717, 1.165) is 177 Å². The zero-order chi connectivity index (χ0) is 64.9. The predicted molar refractivity (Wildman–Crippen MR) is 395 cm³/mol. The fraction of sp³-hybridized carbons (Fsp3) is 0. The summed E-state index contributed by atoms with van der Waals surface area (Å²) in [4.78, 5) is 56.9. The maximum Gasteiger partial charge on any atom is 0.178 e. The van der Waals surface area contributed by atoms with E-state index in [-0.39, 0.29) is 0 Å². The van der Waals surface area contributed by atoms with Crippen LogP contribution in [0.5, 0.6) is 0 Å². The number of nitrogens with zero attached hydrogens (tertiary/aromatic N) is 12. The maximum atomic E-state index is 5.13. The second-order valence-corrected chi connectivity index (χ2v) is 24.1. The van der Waals surface area contributed by atoms with Crippen LogP contribution < -0.4 is 0 Å². The molecule has 9 aromatic carbocycles. The van der Waals surface area contributed by atoms with Crippen LogP contribution >= 0.6 is 0 Å². The molecule has 0 spiro atoms. The summed E-state index contributed by atoms with van der Waals surface area (Å²) >= 11 is 0. The highest BCUT2D eigenvalue weighted by Gasteiger charge is 2.15. The largest absolute Gasteiger partial charge is 0.254 e. The molecule has 0 N–H and O–H groups in total. The van der Waals surface area contributed by atoms with Crippen LogP contribution in [0, 0.1) is 0 Å². The molecule has 0 bridgehead atoms. The molecule has 0 fully saturated rings. The van der Waals surface area contributed by atoms with Crippen LogP contribution in [0.4, 0.5) is 0 Å². The van der Waals surface area contributed by atoms with E-state index in [1.54, 1.807) is 36.9 Å². The first-order valence-corrected chi connectivity index (χ1v) is 32.3. The molecule has 0 saturated carbocycles. The van der Waals surface area contributed by atoms with Gasteiger partial charge in [-0.1, -0.05) is 188 Å². The first-order valence-electron chi connectivity index (χ1n) is 32.3. The number of rotatable bonds is 9. The Morgan fingerprint density at radius 2 is 0.449 bits per heavy atom. The average Bonchev–Trinajstić information content (AvgIpc) is 0.796. The van der Waals surface area contributed by atoms with Gasteiger partial charge in [-0.3, -0.25) is 4.98 Å². The van der Waals surface area contributed by atoms with Crippen molar-refractivity contribution in [2.24, 2.45) is 0 Å². The van der Waals surface area contributed by atoms with E-state index < -0.39 is 0 Å². The van der Waals surface area contributed by atoms with Gasteiger partial charge in [0.2, 0.25) is 0 Å². The monoisotopic (exact) mass is 1250 g/mol. The van der Waals surface area contributed by atoms with Crippen LogP contribution in [0.15, 0.2) is 316 Å². The molecule has 12 nitrogen and oxygen atoms in total. The Kier molecular flexibility index (Phi) is 14.2. The van der Waals surface area contributed by atoms with Crippen molar-refractivity contribution in [3.8, 4) is 102 Å². The maximum absolute atomic E-state index is 5.13. The summed E-state index contributed by atoms with van der Waals surface area (Å²) in [6, 6.07) is 97.9. The first kappa shape index (κ1) is 57.1. The molecule has 0 unspecified atom stereocenters. The third-order valence-electron chi connectivity index (χ3n) is 18.0. The minimum absolute atomic E-state index is 0.617. The van der Waals surface area contributed by atoms with Crippen molar-refractivity contribution in [3.63, 3.8) is 0 Å². The quantitative estimate of drug-likeness (QED) is 0.126. The first-order chi connectivity index (χ1) is 48.5. The Hall–Kier alpha value is -13.6. The summed E-state index contributed by atoms with van der Waals surface area (Å²) in [7, 11) is 0. The molecule has 19 aromatic rings. The van der Waals surface area contributed by atoms with Crippen LogP contribution in [0.2, 0.25) is 0 Å². The fourth-order valence-electron chi connectivity index (χ4n) is 12.8. The molecule has 0 saturated heterocycles. The number of aromatic nitrogens is 12. The zero-order valence-electron chi connectivity index (χ0n) is 52.4. The van der Waals surface area contributed by atoms with Gasteiger partial charge >= 0.3 is 0 Å². The Labute approximate surface area is 561 Å². The summed E-state index contributed by atoms with van der Waals surface area (Å²) in [5, 5.41) is 8.62. The van der Waals surface area contributed by atoms with Crippen molar-refractivity contribution in [2.45, 2.75) is 0 Å². The van der Waals surface area contributed by atoms with Crippen LogP contribution in [0.3, 0.4) is 0 Å². The normalized spacial score (nSPS) is 11.5. The van der Waals surface area contributed by atoms with Crippen molar-refractivity contribution in [1.82, 2.24) is 59.8 Å². The molecule has 0 amide bonds. The minimum atomic E-state index is 0.617. The fourth-order valence-corrected chi connectivity index (χ4v) is 12.8. The molecule has 0 aliphatic rings. The van der Waals surface area contributed by atoms with Gasteiger partial charge in [-0.05, 0) is 119 Å². The summed E-state index contributed by atoms with van der Waals surface area (Å²) in [6.07, 6.45) is 8.76. The molecule has 98 heavy (non-hydrogen) atoms. The van der Waals surface area contributed by atoms with E-state index in [9.17, 15) is 0 Å². The molecular weight excluding hydrogens is 1200 g/mol. The predicted octanol–water partition coefficient (Wildman–Crippen LogP) is 20.3. The molecule has 0 aliphatic heterocycles. The molecular formula is C86H52N12. The van der Waals surface area contributed by atoms with Crippen LogP contribution in [-0.4, -0.2) is 59.8 Å². The number of hydrogen-bond donors (Lipinski definition) is 0. The van der Waals surface area contributed by atoms with Crippen LogP contribution in [0.25, 0.3) is 189 Å². The number of benzene rings is 9. The molecule has 12 heteroatoms. The van der Waals surface area contributed by atoms with E-state index in [2.05, 4.69) is 262 Å². The number of pyridine rings is 8. The lowest BCUT2D eigenvalue weighted by atomic mass is 10.0. The summed E-state index contributed by atoms with van der Waals surface area (Å²) < 4.78 is 0. The molecule has 0 atom stereocenters. The Bertz CT molecular complexity index is 6300. The SMILES string of the molecule is c1ccc(-c2ccc3ccc4ccc(-c5ccc(-c6ccc7cc(-c8ccc9ccc(-c%10ncccn%10)nc9c8)ccc7n6)cc5)nc4c3n2)cc1.c1cnc(-c2ccc3ccc(-c4ccc5nc(-c6ccc(-c7ccc8ccc9cccnc9c8n7)cc6)ccc5c4)cc3n2)nc1. The van der Waals surface area contributed by atoms with Gasteiger partial charge in [0.25, 0.3) is 0 Å². The molecule has 0 aliphatic carbocycles. The van der Waals surface area contributed by atoms with Crippen molar-refractivity contribution in [3.05, 3.63) is 316 Å². The summed E-state index contributed by atoms with van der Waals surface area (Å²) in [5.41, 5.74) is 23.2. The van der Waals surface area contributed by atoms with Crippen molar-refractivity contribution in [1.29, 1.82) is 0 Å². The average molecular weight is 1250 g/mol. The van der Waals surface area contributed by atoms with Crippen molar-refractivity contribution >= 4 is 87.2 Å². The van der Waals surface area contributed by atoms with Gasteiger partial charge in [-0.2, -0.15) is 0 Å². The van der Waals surface area contributed by atoms with Gasteiger partial charge in [0.1, 0.15) is 11.4 Å². The molecule has 19 rings (SSSR count). The summed E-state index contributed by atoms with van der Waals surface area (Å²) in [6.45, 7) is 0.